The highest BCUT2D eigenvalue weighted by atomic mass is 32.1. The number of nitrogens with zero attached hydrogens (tertiary/aromatic N) is 1. The van der Waals surface area contributed by atoms with Crippen molar-refractivity contribution in [2.45, 2.75) is 19.3 Å². The summed E-state index contributed by atoms with van der Waals surface area (Å²) in [6, 6.07) is 61.1. The minimum atomic E-state index is -0.0829. The lowest BCUT2D eigenvalue weighted by Gasteiger charge is -2.29. The standard InChI is InChI=1S/C49H33NS2/c1-49(2)41-16-6-3-14-38(41)48-42(49)17-10-18-43(48)50(33-25-26-37-35-12-4-7-19-44(35)52-47(37)28-33)32-23-21-30(22-24-32)34-15-9-11-31-27-46-40(29-39(31)34)36-13-5-8-20-45(36)51-46/h3-29H,1-2H3. The molecule has 246 valence electrons. The predicted molar refractivity (Wildman–Crippen MR) is 227 cm³/mol. The lowest BCUT2D eigenvalue weighted by atomic mass is 9.82. The quantitative estimate of drug-likeness (QED) is 0.177. The zero-order valence-electron chi connectivity index (χ0n) is 28.9. The summed E-state index contributed by atoms with van der Waals surface area (Å²) in [6.45, 7) is 4.72. The van der Waals surface area contributed by atoms with Crippen molar-refractivity contribution in [1.29, 1.82) is 0 Å². The first-order chi connectivity index (χ1) is 25.5. The molecule has 0 bridgehead atoms. The van der Waals surface area contributed by atoms with Gasteiger partial charge in [0.25, 0.3) is 0 Å². The lowest BCUT2D eigenvalue weighted by molar-refractivity contribution is 0.660. The maximum atomic E-state index is 2.48. The molecule has 0 aliphatic heterocycles. The minimum absolute atomic E-state index is 0.0829. The van der Waals surface area contributed by atoms with Gasteiger partial charge in [0.05, 0.1) is 5.69 Å². The predicted octanol–water partition coefficient (Wildman–Crippen LogP) is 15.0. The van der Waals surface area contributed by atoms with E-state index < -0.39 is 0 Å². The largest absolute Gasteiger partial charge is 0.310 e. The second-order valence-corrected chi connectivity index (χ2v) is 16.7. The zero-order valence-corrected chi connectivity index (χ0v) is 30.5. The van der Waals surface area contributed by atoms with Crippen LogP contribution < -0.4 is 4.90 Å². The van der Waals surface area contributed by atoms with Crippen molar-refractivity contribution in [3.8, 4) is 22.3 Å². The Hall–Kier alpha value is -5.74. The van der Waals surface area contributed by atoms with Gasteiger partial charge in [-0.15, -0.1) is 22.7 Å². The summed E-state index contributed by atoms with van der Waals surface area (Å²) in [6.07, 6.45) is 0. The summed E-state index contributed by atoms with van der Waals surface area (Å²) in [7, 11) is 0. The maximum Gasteiger partial charge on any atom is 0.0543 e. The maximum absolute atomic E-state index is 2.48. The van der Waals surface area contributed by atoms with Gasteiger partial charge in [0.1, 0.15) is 0 Å². The molecule has 10 aromatic rings. The molecule has 0 amide bonds. The summed E-state index contributed by atoms with van der Waals surface area (Å²) in [4.78, 5) is 2.48. The normalized spacial score (nSPS) is 13.3. The highest BCUT2D eigenvalue weighted by Crippen LogP contribution is 2.54. The Labute approximate surface area is 310 Å². The van der Waals surface area contributed by atoms with E-state index in [1.807, 2.05) is 22.7 Å². The molecule has 0 saturated carbocycles. The van der Waals surface area contributed by atoms with E-state index in [-0.39, 0.29) is 5.41 Å². The van der Waals surface area contributed by atoms with Crippen LogP contribution in [-0.4, -0.2) is 0 Å². The molecule has 52 heavy (non-hydrogen) atoms. The number of hydrogen-bond donors (Lipinski definition) is 0. The molecule has 0 fully saturated rings. The summed E-state index contributed by atoms with van der Waals surface area (Å²) in [5, 5.41) is 7.87. The fourth-order valence-corrected chi connectivity index (χ4v) is 11.0. The van der Waals surface area contributed by atoms with Crippen molar-refractivity contribution < 1.29 is 0 Å². The monoisotopic (exact) mass is 699 g/mol. The number of fused-ring (bicyclic) bond motifs is 10. The zero-order chi connectivity index (χ0) is 34.6. The number of hydrogen-bond acceptors (Lipinski definition) is 3. The topological polar surface area (TPSA) is 3.24 Å². The van der Waals surface area contributed by atoms with Crippen LogP contribution in [0.2, 0.25) is 0 Å². The Kier molecular flexibility index (Phi) is 6.41. The Morgan fingerprint density at radius 1 is 0.423 bits per heavy atom. The average molecular weight is 700 g/mol. The van der Waals surface area contributed by atoms with Gasteiger partial charge in [0.15, 0.2) is 0 Å². The van der Waals surface area contributed by atoms with Crippen LogP contribution in [0.1, 0.15) is 25.0 Å². The summed E-state index contributed by atoms with van der Waals surface area (Å²) < 4.78 is 5.31. The number of rotatable bonds is 4. The van der Waals surface area contributed by atoms with Crippen molar-refractivity contribution in [2.75, 3.05) is 4.90 Å². The van der Waals surface area contributed by atoms with Crippen molar-refractivity contribution in [3.05, 3.63) is 175 Å². The van der Waals surface area contributed by atoms with Crippen LogP contribution >= 0.6 is 22.7 Å². The van der Waals surface area contributed by atoms with Gasteiger partial charge in [0.2, 0.25) is 0 Å². The second kappa shape index (κ2) is 11.1. The lowest BCUT2D eigenvalue weighted by Crippen LogP contribution is -2.16. The fraction of sp³-hybridized carbons (Fsp3) is 0.0612. The van der Waals surface area contributed by atoms with Crippen molar-refractivity contribution in [3.63, 3.8) is 0 Å². The van der Waals surface area contributed by atoms with E-state index in [1.54, 1.807) is 0 Å². The number of anilines is 3. The molecule has 0 atom stereocenters. The molecule has 1 aliphatic rings. The van der Waals surface area contributed by atoms with Crippen LogP contribution in [0, 0.1) is 0 Å². The van der Waals surface area contributed by atoms with Gasteiger partial charge >= 0.3 is 0 Å². The molecule has 2 aromatic heterocycles. The van der Waals surface area contributed by atoms with Crippen LogP contribution in [-0.2, 0) is 5.41 Å². The molecule has 3 heteroatoms. The Bertz CT molecular complexity index is 3050. The number of benzene rings is 8. The molecule has 0 N–H and O–H groups in total. The molecule has 8 aromatic carbocycles. The van der Waals surface area contributed by atoms with Crippen LogP contribution in [0.15, 0.2) is 164 Å². The van der Waals surface area contributed by atoms with E-state index in [2.05, 4.69) is 183 Å². The van der Waals surface area contributed by atoms with Gasteiger partial charge in [-0.1, -0.05) is 123 Å². The fourth-order valence-electron chi connectivity index (χ4n) is 8.74. The van der Waals surface area contributed by atoms with Gasteiger partial charge in [0, 0.05) is 62.7 Å². The van der Waals surface area contributed by atoms with Crippen molar-refractivity contribution in [1.82, 2.24) is 0 Å². The summed E-state index contributed by atoms with van der Waals surface area (Å²) in [5.41, 5.74) is 11.3. The summed E-state index contributed by atoms with van der Waals surface area (Å²) >= 11 is 3.75. The highest BCUT2D eigenvalue weighted by Gasteiger charge is 2.37. The molecule has 2 heterocycles. The van der Waals surface area contributed by atoms with Crippen LogP contribution in [0.25, 0.3) is 73.4 Å². The Balaban J connectivity index is 1.10. The number of thiophene rings is 2. The average Bonchev–Trinajstić information content (AvgIpc) is 3.81. The van der Waals surface area contributed by atoms with Gasteiger partial charge in [-0.25, -0.2) is 0 Å². The first-order valence-electron chi connectivity index (χ1n) is 17.9. The minimum Gasteiger partial charge on any atom is -0.310 e. The molecular formula is C49H33NS2. The van der Waals surface area contributed by atoms with Gasteiger partial charge in [-0.3, -0.25) is 0 Å². The van der Waals surface area contributed by atoms with E-state index in [9.17, 15) is 0 Å². The first kappa shape index (κ1) is 29.9. The van der Waals surface area contributed by atoms with Gasteiger partial charge in [-0.05, 0) is 93.2 Å². The third kappa shape index (κ3) is 4.33. The third-order valence-corrected chi connectivity index (χ3v) is 13.5. The molecule has 0 saturated heterocycles. The van der Waals surface area contributed by atoms with Crippen molar-refractivity contribution >= 4 is 90.9 Å². The third-order valence-electron chi connectivity index (χ3n) is 11.3. The van der Waals surface area contributed by atoms with Crippen LogP contribution in [0.3, 0.4) is 0 Å². The SMILES string of the molecule is CC1(C)c2ccccc2-c2c(N(c3ccc(-c4cccc5cc6sc7ccccc7c6cc45)cc3)c3ccc4c(c3)sc3ccccc34)cccc21. The second-order valence-electron chi connectivity index (χ2n) is 14.5. The molecule has 0 spiro atoms. The van der Waals surface area contributed by atoms with E-state index in [1.165, 1.54) is 95.9 Å². The Morgan fingerprint density at radius 2 is 1.04 bits per heavy atom. The van der Waals surface area contributed by atoms with Crippen LogP contribution in [0.4, 0.5) is 17.1 Å². The Morgan fingerprint density at radius 3 is 1.85 bits per heavy atom. The summed E-state index contributed by atoms with van der Waals surface area (Å²) in [5.74, 6) is 0. The van der Waals surface area contributed by atoms with E-state index >= 15 is 0 Å². The smallest absolute Gasteiger partial charge is 0.0543 e. The van der Waals surface area contributed by atoms with Gasteiger partial charge in [-0.2, -0.15) is 0 Å². The van der Waals surface area contributed by atoms with Gasteiger partial charge < -0.3 is 4.90 Å². The van der Waals surface area contributed by atoms with E-state index in [0.29, 0.717) is 0 Å². The molecule has 11 rings (SSSR count). The first-order valence-corrected chi connectivity index (χ1v) is 19.6. The molecule has 0 unspecified atom stereocenters. The molecule has 1 aliphatic carbocycles. The highest BCUT2D eigenvalue weighted by molar-refractivity contribution is 7.26. The van der Waals surface area contributed by atoms with Crippen molar-refractivity contribution in [2.24, 2.45) is 0 Å². The molecule has 0 radical (unpaired) electrons. The van der Waals surface area contributed by atoms with E-state index in [4.69, 9.17) is 0 Å². The molecule has 1 nitrogen and oxygen atoms in total. The molecular weight excluding hydrogens is 667 g/mol. The van der Waals surface area contributed by atoms with Crippen LogP contribution in [0.5, 0.6) is 0 Å². The van der Waals surface area contributed by atoms with E-state index in [0.717, 1.165) is 5.69 Å².